The molecule has 0 aliphatic rings. The number of benzene rings is 1. The van der Waals surface area contributed by atoms with E-state index in [0.717, 1.165) is 12.2 Å². The van der Waals surface area contributed by atoms with Crippen LogP contribution in [0.5, 0.6) is 0 Å². The summed E-state index contributed by atoms with van der Waals surface area (Å²) in [5, 5.41) is 11.3. The first-order valence-corrected chi connectivity index (χ1v) is 5.39. The average molecular weight is 216 g/mol. The average Bonchev–Trinajstić information content (AvgIpc) is 2.73. The molecule has 0 bridgehead atoms. The van der Waals surface area contributed by atoms with E-state index in [4.69, 9.17) is 0 Å². The third kappa shape index (κ3) is 2.67. The molecule has 1 aromatic carbocycles. The Bertz CT molecular complexity index is 435. The molecule has 0 saturated heterocycles. The highest BCUT2D eigenvalue weighted by Gasteiger charge is 2.05. The fourth-order valence-electron chi connectivity index (χ4n) is 1.59. The molecule has 0 fully saturated rings. The van der Waals surface area contributed by atoms with E-state index < -0.39 is 0 Å². The Labute approximate surface area is 95.3 Å². The molecular weight excluding hydrogens is 200 g/mol. The van der Waals surface area contributed by atoms with Crippen molar-refractivity contribution in [2.45, 2.75) is 19.5 Å². The van der Waals surface area contributed by atoms with E-state index in [9.17, 15) is 0 Å². The van der Waals surface area contributed by atoms with Gasteiger partial charge in [0.2, 0.25) is 0 Å². The van der Waals surface area contributed by atoms with E-state index in [-0.39, 0.29) is 0 Å². The zero-order valence-electron chi connectivity index (χ0n) is 9.59. The zero-order chi connectivity index (χ0) is 11.4. The maximum absolute atomic E-state index is 4.03. The Balaban J connectivity index is 1.91. The van der Waals surface area contributed by atoms with Crippen molar-refractivity contribution in [1.29, 1.82) is 0 Å². The maximum atomic E-state index is 4.03. The molecule has 2 rings (SSSR count). The van der Waals surface area contributed by atoms with Gasteiger partial charge in [0.1, 0.15) is 0 Å². The van der Waals surface area contributed by atoms with E-state index in [1.165, 1.54) is 5.56 Å². The quantitative estimate of drug-likeness (QED) is 0.845. The molecule has 16 heavy (non-hydrogen) atoms. The van der Waals surface area contributed by atoms with E-state index in [1.54, 1.807) is 4.68 Å². The van der Waals surface area contributed by atoms with Gasteiger partial charge in [0, 0.05) is 25.8 Å². The molecule has 0 aliphatic heterocycles. The Kier molecular flexibility index (Phi) is 3.31. The summed E-state index contributed by atoms with van der Waals surface area (Å²) >= 11 is 0. The van der Waals surface area contributed by atoms with Crippen LogP contribution < -0.4 is 5.32 Å². The van der Waals surface area contributed by atoms with Crippen molar-refractivity contribution in [1.82, 2.24) is 20.3 Å². The largest absolute Gasteiger partial charge is 0.304 e. The minimum Gasteiger partial charge on any atom is -0.304 e. The molecule has 0 radical (unpaired) electrons. The summed E-state index contributed by atoms with van der Waals surface area (Å²) in [6.45, 7) is 2.88. The van der Waals surface area contributed by atoms with Crippen LogP contribution in [0.4, 0.5) is 0 Å². The first-order chi connectivity index (χ1) is 7.75. The molecule has 0 spiro atoms. The van der Waals surface area contributed by atoms with Gasteiger partial charge < -0.3 is 5.32 Å². The molecule has 2 aromatic rings. The predicted octanol–water partition coefficient (Wildman–Crippen LogP) is 1.67. The minimum absolute atomic E-state index is 0.322. The van der Waals surface area contributed by atoms with Crippen LogP contribution >= 0.6 is 0 Å². The summed E-state index contributed by atoms with van der Waals surface area (Å²) in [4.78, 5) is 0. The number of aryl methyl sites for hydroxylation is 1. The number of hydrogen-bond acceptors (Lipinski definition) is 3. The normalized spacial score (nSPS) is 12.6. The minimum atomic E-state index is 0.322. The van der Waals surface area contributed by atoms with E-state index >= 15 is 0 Å². The molecule has 0 saturated carbocycles. The van der Waals surface area contributed by atoms with Gasteiger partial charge in [0.25, 0.3) is 0 Å². The van der Waals surface area contributed by atoms with Crippen LogP contribution in [0.25, 0.3) is 0 Å². The van der Waals surface area contributed by atoms with Gasteiger partial charge in [-0.15, -0.1) is 5.10 Å². The van der Waals surface area contributed by atoms with Crippen molar-refractivity contribution in [2.75, 3.05) is 0 Å². The van der Waals surface area contributed by atoms with Gasteiger partial charge >= 0.3 is 0 Å². The number of hydrogen-bond donors (Lipinski definition) is 1. The Morgan fingerprint density at radius 2 is 2.06 bits per heavy atom. The fraction of sp³-hybridized carbons (Fsp3) is 0.333. The van der Waals surface area contributed by atoms with Crippen LogP contribution in [-0.4, -0.2) is 15.0 Å². The first-order valence-electron chi connectivity index (χ1n) is 5.39. The summed E-state index contributed by atoms with van der Waals surface area (Å²) in [5.74, 6) is 0. The highest BCUT2D eigenvalue weighted by Crippen LogP contribution is 2.11. The molecule has 1 aromatic heterocycles. The second kappa shape index (κ2) is 4.90. The number of aromatic nitrogens is 3. The van der Waals surface area contributed by atoms with Crippen molar-refractivity contribution >= 4 is 0 Å². The molecule has 0 amide bonds. The fourth-order valence-corrected chi connectivity index (χ4v) is 1.59. The molecule has 1 atom stereocenters. The predicted molar refractivity (Wildman–Crippen MR) is 62.7 cm³/mol. The topological polar surface area (TPSA) is 42.7 Å². The highest BCUT2D eigenvalue weighted by molar-refractivity contribution is 5.18. The van der Waals surface area contributed by atoms with Crippen LogP contribution in [0.1, 0.15) is 24.2 Å². The summed E-state index contributed by atoms with van der Waals surface area (Å²) in [7, 11) is 1.87. The van der Waals surface area contributed by atoms with E-state index in [1.807, 2.05) is 19.3 Å². The van der Waals surface area contributed by atoms with Gasteiger partial charge in [-0.25, -0.2) is 0 Å². The molecule has 0 unspecified atom stereocenters. The summed E-state index contributed by atoms with van der Waals surface area (Å²) < 4.78 is 1.71. The van der Waals surface area contributed by atoms with Gasteiger partial charge in [-0.3, -0.25) is 4.68 Å². The van der Waals surface area contributed by atoms with Crippen LogP contribution in [0.3, 0.4) is 0 Å². The standard InChI is InChI=1S/C12H16N4/c1-10(11-6-4-3-5-7-11)13-8-12-9-16(2)15-14-12/h3-7,9-10,13H,8H2,1-2H3/t10-/m0/s1. The molecule has 4 heteroatoms. The highest BCUT2D eigenvalue weighted by atomic mass is 15.4. The summed E-state index contributed by atoms with van der Waals surface area (Å²) in [6, 6.07) is 10.7. The Morgan fingerprint density at radius 1 is 1.31 bits per heavy atom. The first kappa shape index (κ1) is 10.8. The van der Waals surface area contributed by atoms with Crippen molar-refractivity contribution in [2.24, 2.45) is 7.05 Å². The zero-order valence-corrected chi connectivity index (χ0v) is 9.59. The monoisotopic (exact) mass is 216 g/mol. The SMILES string of the molecule is C[C@H](NCc1cn(C)nn1)c1ccccc1. The maximum Gasteiger partial charge on any atom is 0.0964 e. The summed E-state index contributed by atoms with van der Waals surface area (Å²) in [5.41, 5.74) is 2.25. The molecule has 1 N–H and O–H groups in total. The van der Waals surface area contributed by atoms with Gasteiger partial charge in [-0.05, 0) is 12.5 Å². The number of nitrogens with one attached hydrogen (secondary N) is 1. The lowest BCUT2D eigenvalue weighted by Gasteiger charge is -2.12. The lowest BCUT2D eigenvalue weighted by atomic mass is 10.1. The molecular formula is C12H16N4. The molecule has 1 heterocycles. The molecule has 0 aliphatic carbocycles. The van der Waals surface area contributed by atoms with E-state index in [2.05, 4.69) is 46.8 Å². The van der Waals surface area contributed by atoms with Gasteiger partial charge in [0.05, 0.1) is 5.69 Å². The van der Waals surface area contributed by atoms with Crippen molar-refractivity contribution in [3.05, 3.63) is 47.8 Å². The third-order valence-corrected chi connectivity index (χ3v) is 2.54. The van der Waals surface area contributed by atoms with Crippen molar-refractivity contribution in [3.63, 3.8) is 0 Å². The Hall–Kier alpha value is -1.68. The van der Waals surface area contributed by atoms with E-state index in [0.29, 0.717) is 6.04 Å². The van der Waals surface area contributed by atoms with Gasteiger partial charge in [-0.2, -0.15) is 0 Å². The van der Waals surface area contributed by atoms with Crippen LogP contribution in [0.2, 0.25) is 0 Å². The smallest absolute Gasteiger partial charge is 0.0964 e. The lowest BCUT2D eigenvalue weighted by molar-refractivity contribution is 0.567. The lowest BCUT2D eigenvalue weighted by Crippen LogP contribution is -2.18. The van der Waals surface area contributed by atoms with Crippen molar-refractivity contribution in [3.8, 4) is 0 Å². The molecule has 84 valence electrons. The second-order valence-corrected chi connectivity index (χ2v) is 3.90. The van der Waals surface area contributed by atoms with Crippen LogP contribution in [0.15, 0.2) is 36.5 Å². The Morgan fingerprint density at radius 3 is 2.69 bits per heavy atom. The van der Waals surface area contributed by atoms with Crippen LogP contribution in [0, 0.1) is 0 Å². The summed E-state index contributed by atoms with van der Waals surface area (Å²) in [6.07, 6.45) is 1.92. The number of nitrogens with zero attached hydrogens (tertiary/aromatic N) is 3. The van der Waals surface area contributed by atoms with Crippen LogP contribution in [-0.2, 0) is 13.6 Å². The van der Waals surface area contributed by atoms with Crippen molar-refractivity contribution < 1.29 is 0 Å². The second-order valence-electron chi connectivity index (χ2n) is 3.90. The van der Waals surface area contributed by atoms with Gasteiger partial charge in [0.15, 0.2) is 0 Å². The van der Waals surface area contributed by atoms with Gasteiger partial charge in [-0.1, -0.05) is 35.5 Å². The molecule has 4 nitrogen and oxygen atoms in total. The third-order valence-electron chi connectivity index (χ3n) is 2.54. The number of rotatable bonds is 4.